The molecule has 0 amide bonds. The molecule has 1 aliphatic rings. The Kier molecular flexibility index (Phi) is 8.47. The van der Waals surface area contributed by atoms with Crippen LogP contribution in [0.25, 0.3) is 0 Å². The monoisotopic (exact) mass is 504 g/mol. The molecule has 2 aromatic rings. The Morgan fingerprint density at radius 3 is 2.11 bits per heavy atom. The predicted octanol–water partition coefficient (Wildman–Crippen LogP) is 2.59. The second-order valence-electron chi connectivity index (χ2n) is 8.25. The van der Waals surface area contributed by atoms with Gasteiger partial charge in [-0.05, 0) is 61.2 Å². The highest BCUT2D eigenvalue weighted by Crippen LogP contribution is 2.27. The fourth-order valence-corrected chi connectivity index (χ4v) is 5.10. The Morgan fingerprint density at radius 2 is 1.60 bits per heavy atom. The normalized spacial score (nSPS) is 15.4. The van der Waals surface area contributed by atoms with E-state index in [9.17, 15) is 22.8 Å². The highest BCUT2D eigenvalue weighted by atomic mass is 32.2. The summed E-state index contributed by atoms with van der Waals surface area (Å²) >= 11 is 0. The van der Waals surface area contributed by atoms with Gasteiger partial charge in [0, 0.05) is 18.8 Å². The molecule has 0 aliphatic carbocycles. The molecule has 3 N–H and O–H groups in total. The molecule has 1 fully saturated rings. The van der Waals surface area contributed by atoms with E-state index < -0.39 is 46.3 Å². The average Bonchev–Trinajstić information content (AvgIpc) is 3.34. The number of anilines is 1. The minimum atomic E-state index is -4.31. The van der Waals surface area contributed by atoms with Crippen molar-refractivity contribution in [3.8, 4) is 5.75 Å². The van der Waals surface area contributed by atoms with Crippen LogP contribution in [0.2, 0.25) is 0 Å². The van der Waals surface area contributed by atoms with Crippen LogP contribution in [0, 0.1) is 0 Å². The fourth-order valence-electron chi connectivity index (χ4n) is 3.91. The molecule has 1 heterocycles. The van der Waals surface area contributed by atoms with E-state index in [1.165, 1.54) is 25.0 Å². The number of carboxylic acids is 2. The van der Waals surface area contributed by atoms with Gasteiger partial charge in [0.15, 0.2) is 0 Å². The Bertz CT molecular complexity index is 1160. The third-order valence-corrected chi connectivity index (χ3v) is 7.27. The highest BCUT2D eigenvalue weighted by Gasteiger charge is 2.28. The van der Waals surface area contributed by atoms with E-state index in [1.807, 2.05) is 35.9 Å². The topological polar surface area (TPSA) is 150 Å². The molecule has 0 spiro atoms. The van der Waals surface area contributed by atoms with Crippen LogP contribution in [0.3, 0.4) is 0 Å². The van der Waals surface area contributed by atoms with Crippen LogP contribution in [0.15, 0.2) is 53.4 Å². The van der Waals surface area contributed by atoms with Crippen LogP contribution in [0.1, 0.15) is 44.1 Å². The van der Waals surface area contributed by atoms with Crippen LogP contribution in [-0.4, -0.2) is 55.7 Å². The van der Waals surface area contributed by atoms with Crippen molar-refractivity contribution in [1.29, 1.82) is 0 Å². The minimum Gasteiger partial charge on any atom is -0.481 e. The number of benzene rings is 2. The number of carbonyl (C=O) groups is 3. The number of hydrogen-bond acceptors (Lipinski definition) is 7. The third-order valence-electron chi connectivity index (χ3n) is 5.79. The maximum Gasteiger partial charge on any atom is 0.322 e. The van der Waals surface area contributed by atoms with Crippen molar-refractivity contribution in [3.05, 3.63) is 54.1 Å². The molecule has 1 saturated heterocycles. The molecule has 1 aliphatic heterocycles. The first-order chi connectivity index (χ1) is 16.6. The third kappa shape index (κ3) is 6.80. The molecule has 11 heteroatoms. The molecule has 10 nitrogen and oxygen atoms in total. The number of nitrogens with zero attached hydrogens (tertiary/aromatic N) is 1. The summed E-state index contributed by atoms with van der Waals surface area (Å²) in [4.78, 5) is 36.8. The van der Waals surface area contributed by atoms with E-state index in [1.54, 1.807) is 0 Å². The van der Waals surface area contributed by atoms with Gasteiger partial charge in [0.2, 0.25) is 10.0 Å². The highest BCUT2D eigenvalue weighted by molar-refractivity contribution is 7.89. The molecule has 0 bridgehead atoms. The number of sulfonamides is 1. The Balaban J connectivity index is 1.67. The number of aliphatic carboxylic acids is 2. The fraction of sp³-hybridized carbons (Fsp3) is 0.375. The number of esters is 1. The van der Waals surface area contributed by atoms with Crippen LogP contribution < -0.4 is 14.4 Å². The summed E-state index contributed by atoms with van der Waals surface area (Å²) in [5.74, 6) is -3.93. The van der Waals surface area contributed by atoms with Gasteiger partial charge in [-0.15, -0.1) is 0 Å². The molecule has 188 valence electrons. The molecule has 2 aromatic carbocycles. The van der Waals surface area contributed by atoms with Crippen molar-refractivity contribution in [2.75, 3.05) is 18.0 Å². The second-order valence-corrected chi connectivity index (χ2v) is 9.96. The molecule has 35 heavy (non-hydrogen) atoms. The lowest BCUT2D eigenvalue weighted by Crippen LogP contribution is -2.42. The molecule has 2 atom stereocenters. The maximum atomic E-state index is 12.8. The smallest absolute Gasteiger partial charge is 0.322 e. The van der Waals surface area contributed by atoms with Gasteiger partial charge in [0.1, 0.15) is 11.8 Å². The lowest BCUT2D eigenvalue weighted by Gasteiger charge is -2.19. The number of rotatable bonds is 11. The molecular formula is C24H28N2O8S. The zero-order chi connectivity index (χ0) is 25.6. The SMILES string of the molecule is CCC(C(=O)Oc1ccc(S(=O)(=O)NC(CC(=O)O)C(=O)O)cc1)c1ccc(N2CCCC2)cc1. The van der Waals surface area contributed by atoms with Gasteiger partial charge in [-0.1, -0.05) is 19.1 Å². The molecular weight excluding hydrogens is 476 g/mol. The standard InChI is InChI=1S/C24H28N2O8S/c1-2-20(16-5-7-17(8-6-16)26-13-3-4-14-26)24(31)34-18-9-11-19(12-10-18)35(32,33)25-21(23(29)30)15-22(27)28/h5-12,20-21,25H,2-4,13-15H2,1H3,(H,27,28)(H,29,30). The van der Waals surface area contributed by atoms with Crippen molar-refractivity contribution >= 4 is 33.6 Å². The first kappa shape index (κ1) is 26.2. The van der Waals surface area contributed by atoms with Gasteiger partial charge in [0.25, 0.3) is 0 Å². The Labute approximate surface area is 203 Å². The number of ether oxygens (including phenoxy) is 1. The average molecular weight is 505 g/mol. The van der Waals surface area contributed by atoms with Gasteiger partial charge in [-0.25, -0.2) is 8.42 Å². The summed E-state index contributed by atoms with van der Waals surface area (Å²) in [5, 5.41) is 17.8. The second kappa shape index (κ2) is 11.3. The lowest BCUT2D eigenvalue weighted by molar-refractivity contribution is -0.145. The van der Waals surface area contributed by atoms with Crippen molar-refractivity contribution in [2.24, 2.45) is 0 Å². The van der Waals surface area contributed by atoms with E-state index in [0.29, 0.717) is 6.42 Å². The largest absolute Gasteiger partial charge is 0.481 e. The number of nitrogens with one attached hydrogen (secondary N) is 1. The molecule has 3 rings (SSSR count). The van der Waals surface area contributed by atoms with Gasteiger partial charge < -0.3 is 19.8 Å². The summed E-state index contributed by atoms with van der Waals surface area (Å²) in [5.41, 5.74) is 1.94. The summed E-state index contributed by atoms with van der Waals surface area (Å²) in [7, 11) is -4.31. The van der Waals surface area contributed by atoms with E-state index in [0.717, 1.165) is 36.5 Å². The first-order valence-corrected chi connectivity index (χ1v) is 12.7. The number of hydrogen-bond donors (Lipinski definition) is 3. The zero-order valence-electron chi connectivity index (χ0n) is 19.2. The molecule has 0 saturated carbocycles. The van der Waals surface area contributed by atoms with E-state index in [2.05, 4.69) is 4.90 Å². The molecule has 0 radical (unpaired) electrons. The van der Waals surface area contributed by atoms with Gasteiger partial charge >= 0.3 is 17.9 Å². The van der Waals surface area contributed by atoms with E-state index in [4.69, 9.17) is 14.9 Å². The predicted molar refractivity (Wildman–Crippen MR) is 127 cm³/mol. The number of carboxylic acid groups (broad SMARTS) is 2. The summed E-state index contributed by atoms with van der Waals surface area (Å²) in [6.07, 6.45) is 1.94. The van der Waals surface area contributed by atoms with E-state index >= 15 is 0 Å². The van der Waals surface area contributed by atoms with Crippen molar-refractivity contribution in [3.63, 3.8) is 0 Å². The Morgan fingerprint density at radius 1 is 1.00 bits per heavy atom. The lowest BCUT2D eigenvalue weighted by atomic mass is 9.96. The van der Waals surface area contributed by atoms with Crippen LogP contribution in [0.4, 0.5) is 5.69 Å². The van der Waals surface area contributed by atoms with E-state index in [-0.39, 0.29) is 10.6 Å². The van der Waals surface area contributed by atoms with Crippen LogP contribution >= 0.6 is 0 Å². The minimum absolute atomic E-state index is 0.126. The number of carbonyl (C=O) groups excluding carboxylic acids is 1. The van der Waals surface area contributed by atoms with Crippen LogP contribution in [0.5, 0.6) is 5.75 Å². The first-order valence-electron chi connectivity index (χ1n) is 11.2. The van der Waals surface area contributed by atoms with Gasteiger partial charge in [0.05, 0.1) is 17.2 Å². The van der Waals surface area contributed by atoms with Crippen molar-refractivity contribution < 1.29 is 37.8 Å². The van der Waals surface area contributed by atoms with Crippen molar-refractivity contribution in [2.45, 2.75) is 49.5 Å². The van der Waals surface area contributed by atoms with Crippen LogP contribution in [-0.2, 0) is 24.4 Å². The molecule has 2 unspecified atom stereocenters. The summed E-state index contributed by atoms with van der Waals surface area (Å²) in [6.45, 7) is 3.92. The van der Waals surface area contributed by atoms with Crippen molar-refractivity contribution in [1.82, 2.24) is 4.72 Å². The maximum absolute atomic E-state index is 12.8. The Hall–Kier alpha value is -3.44. The van der Waals surface area contributed by atoms with Gasteiger partial charge in [-0.2, -0.15) is 4.72 Å². The summed E-state index contributed by atoms with van der Waals surface area (Å²) in [6, 6.07) is 10.9. The summed E-state index contributed by atoms with van der Waals surface area (Å²) < 4.78 is 32.2. The molecule has 0 aromatic heterocycles. The quantitative estimate of drug-likeness (QED) is 0.310. The zero-order valence-corrected chi connectivity index (χ0v) is 20.0. The van der Waals surface area contributed by atoms with Gasteiger partial charge in [-0.3, -0.25) is 14.4 Å².